The van der Waals surface area contributed by atoms with Crippen LogP contribution in [0.2, 0.25) is 0 Å². The highest BCUT2D eigenvalue weighted by atomic mass is 16.3. The first kappa shape index (κ1) is 12.9. The van der Waals surface area contributed by atoms with Crippen LogP contribution in [0.3, 0.4) is 0 Å². The molecule has 0 aliphatic carbocycles. The number of hydrogen-bond donors (Lipinski definition) is 1. The SMILES string of the molecule is CCC(O)C(C)N(C)CCC(C)C. The molecule has 0 saturated heterocycles. The van der Waals surface area contributed by atoms with E-state index in [1.54, 1.807) is 0 Å². The van der Waals surface area contributed by atoms with Crippen molar-refractivity contribution >= 4 is 0 Å². The molecule has 2 heteroatoms. The molecule has 0 aliphatic heterocycles. The normalized spacial score (nSPS) is 16.6. The minimum atomic E-state index is -0.183. The van der Waals surface area contributed by atoms with E-state index in [2.05, 4.69) is 32.7 Å². The van der Waals surface area contributed by atoms with E-state index in [9.17, 15) is 5.11 Å². The first-order valence-electron chi connectivity index (χ1n) is 5.37. The van der Waals surface area contributed by atoms with Gasteiger partial charge >= 0.3 is 0 Å². The summed E-state index contributed by atoms with van der Waals surface area (Å²) in [4.78, 5) is 2.24. The maximum Gasteiger partial charge on any atom is 0.0689 e. The van der Waals surface area contributed by atoms with E-state index in [4.69, 9.17) is 0 Å². The van der Waals surface area contributed by atoms with Gasteiger partial charge in [-0.25, -0.2) is 0 Å². The van der Waals surface area contributed by atoms with E-state index in [0.717, 1.165) is 18.9 Å². The van der Waals surface area contributed by atoms with Crippen molar-refractivity contribution in [3.05, 3.63) is 0 Å². The van der Waals surface area contributed by atoms with Crippen molar-refractivity contribution in [1.29, 1.82) is 0 Å². The van der Waals surface area contributed by atoms with Crippen LogP contribution in [0.25, 0.3) is 0 Å². The third-order valence-electron chi connectivity index (χ3n) is 2.73. The Morgan fingerprint density at radius 3 is 2.15 bits per heavy atom. The Hall–Kier alpha value is -0.0800. The zero-order chi connectivity index (χ0) is 10.4. The quantitative estimate of drug-likeness (QED) is 0.688. The lowest BCUT2D eigenvalue weighted by molar-refractivity contribution is 0.0679. The summed E-state index contributed by atoms with van der Waals surface area (Å²) in [7, 11) is 2.09. The molecule has 1 N–H and O–H groups in total. The summed E-state index contributed by atoms with van der Waals surface area (Å²) in [6.45, 7) is 9.66. The van der Waals surface area contributed by atoms with Crippen molar-refractivity contribution in [1.82, 2.24) is 4.90 Å². The highest BCUT2D eigenvalue weighted by Crippen LogP contribution is 2.08. The average molecular weight is 187 g/mol. The Kier molecular flexibility index (Phi) is 6.35. The van der Waals surface area contributed by atoms with Crippen molar-refractivity contribution < 1.29 is 5.11 Å². The van der Waals surface area contributed by atoms with Crippen LogP contribution in [-0.2, 0) is 0 Å². The molecule has 0 aromatic rings. The molecule has 0 fully saturated rings. The van der Waals surface area contributed by atoms with Gasteiger partial charge in [0.15, 0.2) is 0 Å². The van der Waals surface area contributed by atoms with Gasteiger partial charge < -0.3 is 10.0 Å². The summed E-state index contributed by atoms with van der Waals surface area (Å²) >= 11 is 0. The number of aliphatic hydroxyl groups is 1. The van der Waals surface area contributed by atoms with Gasteiger partial charge in [-0.3, -0.25) is 0 Å². The topological polar surface area (TPSA) is 23.5 Å². The van der Waals surface area contributed by atoms with Crippen LogP contribution in [0.5, 0.6) is 0 Å². The van der Waals surface area contributed by atoms with Crippen LogP contribution in [0.15, 0.2) is 0 Å². The fraction of sp³-hybridized carbons (Fsp3) is 1.00. The molecule has 0 saturated carbocycles. The summed E-state index contributed by atoms with van der Waals surface area (Å²) < 4.78 is 0. The summed E-state index contributed by atoms with van der Waals surface area (Å²) in [5, 5.41) is 9.62. The third-order valence-corrected chi connectivity index (χ3v) is 2.73. The zero-order valence-corrected chi connectivity index (χ0v) is 9.75. The van der Waals surface area contributed by atoms with Crippen molar-refractivity contribution in [2.45, 2.75) is 52.7 Å². The Bertz CT molecular complexity index is 125. The fourth-order valence-electron chi connectivity index (χ4n) is 1.30. The molecule has 0 bridgehead atoms. The largest absolute Gasteiger partial charge is 0.392 e. The number of hydrogen-bond acceptors (Lipinski definition) is 2. The molecule has 2 atom stereocenters. The van der Waals surface area contributed by atoms with E-state index < -0.39 is 0 Å². The molecule has 0 spiro atoms. The monoisotopic (exact) mass is 187 g/mol. The van der Waals surface area contributed by atoms with Crippen molar-refractivity contribution in [3.63, 3.8) is 0 Å². The minimum absolute atomic E-state index is 0.183. The van der Waals surface area contributed by atoms with Crippen LogP contribution in [0.4, 0.5) is 0 Å². The molecule has 2 unspecified atom stereocenters. The number of rotatable bonds is 6. The second kappa shape index (κ2) is 6.39. The Labute approximate surface area is 82.9 Å². The molecule has 0 heterocycles. The molecule has 0 aliphatic rings. The molecule has 2 nitrogen and oxygen atoms in total. The van der Waals surface area contributed by atoms with E-state index in [0.29, 0.717) is 0 Å². The van der Waals surface area contributed by atoms with E-state index in [-0.39, 0.29) is 12.1 Å². The minimum Gasteiger partial charge on any atom is -0.392 e. The van der Waals surface area contributed by atoms with Gasteiger partial charge in [0.2, 0.25) is 0 Å². The van der Waals surface area contributed by atoms with Crippen LogP contribution in [0, 0.1) is 5.92 Å². The molecule has 0 aromatic carbocycles. The van der Waals surface area contributed by atoms with Gasteiger partial charge in [-0.1, -0.05) is 20.8 Å². The first-order chi connectivity index (χ1) is 5.99. The number of nitrogens with zero attached hydrogens (tertiary/aromatic N) is 1. The number of likely N-dealkylation sites (N-methyl/N-ethyl adjacent to an activating group) is 1. The Morgan fingerprint density at radius 1 is 1.23 bits per heavy atom. The van der Waals surface area contributed by atoms with E-state index in [1.807, 2.05) is 6.92 Å². The van der Waals surface area contributed by atoms with Crippen LogP contribution < -0.4 is 0 Å². The predicted molar refractivity (Wildman–Crippen MR) is 57.8 cm³/mol. The standard InChI is InChI=1S/C11H25NO/c1-6-11(13)10(4)12(5)8-7-9(2)3/h9-11,13H,6-8H2,1-5H3. The average Bonchev–Trinajstić information content (AvgIpc) is 2.11. The summed E-state index contributed by atoms with van der Waals surface area (Å²) in [6, 6.07) is 0.281. The second-order valence-corrected chi connectivity index (χ2v) is 4.38. The van der Waals surface area contributed by atoms with Gasteiger partial charge in [0.05, 0.1) is 6.10 Å². The van der Waals surface area contributed by atoms with Crippen LogP contribution >= 0.6 is 0 Å². The predicted octanol–water partition coefficient (Wildman–Crippen LogP) is 2.12. The van der Waals surface area contributed by atoms with E-state index in [1.165, 1.54) is 6.42 Å². The maximum absolute atomic E-state index is 9.62. The van der Waals surface area contributed by atoms with Crippen molar-refractivity contribution in [2.75, 3.05) is 13.6 Å². The van der Waals surface area contributed by atoms with Crippen molar-refractivity contribution in [3.8, 4) is 0 Å². The van der Waals surface area contributed by atoms with Crippen LogP contribution in [0.1, 0.15) is 40.5 Å². The first-order valence-corrected chi connectivity index (χ1v) is 5.37. The Balaban J connectivity index is 3.74. The molecular formula is C11H25NO. The molecule has 0 amide bonds. The van der Waals surface area contributed by atoms with E-state index >= 15 is 0 Å². The van der Waals surface area contributed by atoms with Gasteiger partial charge in [0.25, 0.3) is 0 Å². The lowest BCUT2D eigenvalue weighted by Crippen LogP contribution is -2.39. The molecular weight excluding hydrogens is 162 g/mol. The molecule has 0 aromatic heterocycles. The van der Waals surface area contributed by atoms with Gasteiger partial charge in [0, 0.05) is 6.04 Å². The molecule has 0 rings (SSSR count). The summed E-state index contributed by atoms with van der Waals surface area (Å²) in [5.41, 5.74) is 0. The Morgan fingerprint density at radius 2 is 1.77 bits per heavy atom. The van der Waals surface area contributed by atoms with Crippen molar-refractivity contribution in [2.24, 2.45) is 5.92 Å². The highest BCUT2D eigenvalue weighted by molar-refractivity contribution is 4.71. The van der Waals surface area contributed by atoms with Gasteiger partial charge in [-0.2, -0.15) is 0 Å². The lowest BCUT2D eigenvalue weighted by Gasteiger charge is -2.28. The number of aliphatic hydroxyl groups excluding tert-OH is 1. The highest BCUT2D eigenvalue weighted by Gasteiger charge is 2.16. The maximum atomic E-state index is 9.62. The zero-order valence-electron chi connectivity index (χ0n) is 9.75. The van der Waals surface area contributed by atoms with Gasteiger partial charge in [0.1, 0.15) is 0 Å². The van der Waals surface area contributed by atoms with Gasteiger partial charge in [-0.15, -0.1) is 0 Å². The lowest BCUT2D eigenvalue weighted by atomic mass is 10.1. The van der Waals surface area contributed by atoms with Gasteiger partial charge in [-0.05, 0) is 39.3 Å². The summed E-state index contributed by atoms with van der Waals surface area (Å²) in [6.07, 6.45) is 1.86. The summed E-state index contributed by atoms with van der Waals surface area (Å²) in [5.74, 6) is 0.744. The molecule has 13 heavy (non-hydrogen) atoms. The van der Waals surface area contributed by atoms with Crippen LogP contribution in [-0.4, -0.2) is 35.7 Å². The second-order valence-electron chi connectivity index (χ2n) is 4.38. The fourth-order valence-corrected chi connectivity index (χ4v) is 1.30. The molecule has 80 valence electrons. The third kappa shape index (κ3) is 5.27. The molecule has 0 radical (unpaired) electrons. The smallest absolute Gasteiger partial charge is 0.0689 e.